The Morgan fingerprint density at radius 3 is 2.60 bits per heavy atom. The van der Waals surface area contributed by atoms with Gasteiger partial charge in [-0.25, -0.2) is 9.36 Å². The minimum absolute atomic E-state index is 0.187. The molecular formula is C16H21N5O4. The quantitative estimate of drug-likeness (QED) is 0.624. The minimum Gasteiger partial charge on any atom is -0.465 e. The lowest BCUT2D eigenvalue weighted by molar-refractivity contribution is -0.143. The predicted molar refractivity (Wildman–Crippen MR) is 91.9 cm³/mol. The van der Waals surface area contributed by atoms with Crippen molar-refractivity contribution in [1.82, 2.24) is 23.1 Å². The highest BCUT2D eigenvalue weighted by atomic mass is 16.5. The molecule has 0 aliphatic heterocycles. The zero-order valence-corrected chi connectivity index (χ0v) is 14.8. The molecule has 0 atom stereocenters. The van der Waals surface area contributed by atoms with E-state index in [0.29, 0.717) is 11.4 Å². The number of hydrogen-bond donors (Lipinski definition) is 0. The number of carbonyl (C=O) groups excluding carboxylic acids is 1. The molecule has 0 aromatic carbocycles. The van der Waals surface area contributed by atoms with Gasteiger partial charge in [-0.15, -0.1) is 0 Å². The van der Waals surface area contributed by atoms with Gasteiger partial charge in [0.05, 0.1) is 6.61 Å². The number of ether oxygens (including phenoxy) is 1. The summed E-state index contributed by atoms with van der Waals surface area (Å²) in [5, 5.41) is 0. The maximum Gasteiger partial charge on any atom is 0.333 e. The highest BCUT2D eigenvalue weighted by Gasteiger charge is 2.21. The predicted octanol–water partition coefficient (Wildman–Crippen LogP) is 0.431. The molecule has 0 saturated carbocycles. The van der Waals surface area contributed by atoms with Crippen LogP contribution >= 0.6 is 0 Å². The fraction of sp³-hybridized carbons (Fsp3) is 0.500. The number of rotatable bonds is 5. The zero-order valence-electron chi connectivity index (χ0n) is 14.8. The lowest BCUT2D eigenvalue weighted by Gasteiger charge is -2.07. The van der Waals surface area contributed by atoms with Crippen molar-refractivity contribution in [2.75, 3.05) is 6.61 Å². The van der Waals surface area contributed by atoms with Gasteiger partial charge in [0.1, 0.15) is 6.54 Å². The molecule has 0 amide bonds. The van der Waals surface area contributed by atoms with Crippen molar-refractivity contribution in [3.8, 4) is 0 Å². The minimum atomic E-state index is -0.624. The first-order valence-electron chi connectivity index (χ1n) is 8.24. The Balaban J connectivity index is 2.33. The van der Waals surface area contributed by atoms with Gasteiger partial charge in [-0.2, -0.15) is 4.98 Å². The van der Waals surface area contributed by atoms with E-state index in [1.807, 2.05) is 17.7 Å². The Hall–Kier alpha value is -2.84. The van der Waals surface area contributed by atoms with Gasteiger partial charge in [-0.1, -0.05) is 6.92 Å². The number of nitrogens with zero attached hydrogens (tertiary/aromatic N) is 5. The van der Waals surface area contributed by atoms with E-state index in [2.05, 4.69) is 11.9 Å². The Morgan fingerprint density at radius 2 is 1.96 bits per heavy atom. The second-order valence-corrected chi connectivity index (χ2v) is 5.91. The van der Waals surface area contributed by atoms with Crippen LogP contribution in [-0.4, -0.2) is 35.7 Å². The summed E-state index contributed by atoms with van der Waals surface area (Å²) >= 11 is 0. The van der Waals surface area contributed by atoms with Gasteiger partial charge in [0.2, 0.25) is 5.78 Å². The number of carbonyl (C=O) groups is 1. The standard InChI is InChI=1S/C16H21N5O4/c1-5-7-19-10(3)8-20-12-13(17-15(19)20)18(4)16(24)21(14(12)23)9-11(22)25-6-2/h8H,5-7,9H2,1-4H3. The molecule has 134 valence electrons. The second-order valence-electron chi connectivity index (χ2n) is 5.91. The Kier molecular flexibility index (Phi) is 4.23. The van der Waals surface area contributed by atoms with Crippen LogP contribution in [0.4, 0.5) is 0 Å². The van der Waals surface area contributed by atoms with E-state index < -0.39 is 23.8 Å². The number of hydrogen-bond acceptors (Lipinski definition) is 5. The van der Waals surface area contributed by atoms with Crippen LogP contribution in [0.15, 0.2) is 15.8 Å². The molecule has 0 spiro atoms. The molecule has 3 aromatic heterocycles. The van der Waals surface area contributed by atoms with Crippen LogP contribution in [0, 0.1) is 6.92 Å². The fourth-order valence-corrected chi connectivity index (χ4v) is 3.03. The van der Waals surface area contributed by atoms with E-state index in [-0.39, 0.29) is 12.1 Å². The van der Waals surface area contributed by atoms with Crippen molar-refractivity contribution in [3.05, 3.63) is 32.7 Å². The van der Waals surface area contributed by atoms with Gasteiger partial charge >= 0.3 is 11.7 Å². The third-order valence-corrected chi connectivity index (χ3v) is 4.18. The molecule has 0 fully saturated rings. The maximum atomic E-state index is 12.9. The molecule has 3 rings (SSSR count). The van der Waals surface area contributed by atoms with Crippen LogP contribution in [0.5, 0.6) is 0 Å². The van der Waals surface area contributed by atoms with Crippen LogP contribution in [0.1, 0.15) is 26.0 Å². The molecule has 0 unspecified atom stereocenters. The lowest BCUT2D eigenvalue weighted by atomic mass is 10.4. The molecule has 9 nitrogen and oxygen atoms in total. The first-order chi connectivity index (χ1) is 11.9. The summed E-state index contributed by atoms with van der Waals surface area (Å²) in [5.74, 6) is -0.0168. The van der Waals surface area contributed by atoms with Crippen molar-refractivity contribution in [2.45, 2.75) is 40.3 Å². The molecular weight excluding hydrogens is 326 g/mol. The molecule has 3 heterocycles. The van der Waals surface area contributed by atoms with Gasteiger partial charge in [-0.3, -0.25) is 18.6 Å². The van der Waals surface area contributed by atoms with Gasteiger partial charge < -0.3 is 9.30 Å². The van der Waals surface area contributed by atoms with Crippen LogP contribution in [0.25, 0.3) is 16.9 Å². The van der Waals surface area contributed by atoms with Crippen molar-refractivity contribution >= 4 is 22.9 Å². The smallest absolute Gasteiger partial charge is 0.333 e. The van der Waals surface area contributed by atoms with E-state index in [4.69, 9.17) is 4.74 Å². The number of fused-ring (bicyclic) bond motifs is 3. The SMILES string of the molecule is CCCn1c(C)cn2c3c(=O)n(CC(=O)OCC)c(=O)n(C)c3nc12. The van der Waals surface area contributed by atoms with Crippen LogP contribution in [0.2, 0.25) is 0 Å². The van der Waals surface area contributed by atoms with Gasteiger partial charge in [0.25, 0.3) is 5.56 Å². The molecule has 0 aliphatic rings. The van der Waals surface area contributed by atoms with E-state index >= 15 is 0 Å². The topological polar surface area (TPSA) is 92.5 Å². The first kappa shape index (κ1) is 17.0. The normalized spacial score (nSPS) is 11.5. The van der Waals surface area contributed by atoms with E-state index in [1.165, 1.54) is 11.6 Å². The summed E-state index contributed by atoms with van der Waals surface area (Å²) in [6.45, 7) is 6.19. The van der Waals surface area contributed by atoms with Gasteiger partial charge in [-0.05, 0) is 20.3 Å². The molecule has 25 heavy (non-hydrogen) atoms. The maximum absolute atomic E-state index is 12.9. The molecule has 0 aliphatic carbocycles. The summed E-state index contributed by atoms with van der Waals surface area (Å²) in [6.07, 6.45) is 2.74. The average molecular weight is 347 g/mol. The highest BCUT2D eigenvalue weighted by Crippen LogP contribution is 2.16. The van der Waals surface area contributed by atoms with E-state index in [0.717, 1.165) is 23.2 Å². The summed E-state index contributed by atoms with van der Waals surface area (Å²) in [7, 11) is 1.54. The summed E-state index contributed by atoms with van der Waals surface area (Å²) < 4.78 is 10.7. The fourth-order valence-electron chi connectivity index (χ4n) is 3.03. The summed E-state index contributed by atoms with van der Waals surface area (Å²) in [4.78, 5) is 41.6. The van der Waals surface area contributed by atoms with E-state index in [9.17, 15) is 14.4 Å². The molecule has 9 heteroatoms. The number of esters is 1. The summed E-state index contributed by atoms with van der Waals surface area (Å²) in [6, 6.07) is 0. The van der Waals surface area contributed by atoms with E-state index in [1.54, 1.807) is 11.3 Å². The molecule has 0 N–H and O–H groups in total. The summed E-state index contributed by atoms with van der Waals surface area (Å²) in [5.41, 5.74) is 0.406. The Labute approximate surface area is 143 Å². The van der Waals surface area contributed by atoms with Crippen LogP contribution < -0.4 is 11.2 Å². The lowest BCUT2D eigenvalue weighted by Crippen LogP contribution is -2.41. The monoisotopic (exact) mass is 347 g/mol. The van der Waals surface area contributed by atoms with Gasteiger partial charge in [0, 0.05) is 25.5 Å². The highest BCUT2D eigenvalue weighted by molar-refractivity contribution is 5.76. The molecule has 3 aromatic rings. The third-order valence-electron chi connectivity index (χ3n) is 4.18. The van der Waals surface area contributed by atoms with Gasteiger partial charge in [0.15, 0.2) is 11.2 Å². The van der Waals surface area contributed by atoms with Crippen LogP contribution in [0.3, 0.4) is 0 Å². The second kappa shape index (κ2) is 6.23. The zero-order chi connectivity index (χ0) is 18.3. The molecule has 0 saturated heterocycles. The van der Waals surface area contributed by atoms with Crippen LogP contribution in [-0.2, 0) is 29.7 Å². The van der Waals surface area contributed by atoms with Crippen molar-refractivity contribution in [3.63, 3.8) is 0 Å². The number of aromatic nitrogens is 5. The average Bonchev–Trinajstić information content (AvgIpc) is 3.07. The number of aryl methyl sites for hydroxylation is 3. The van der Waals surface area contributed by atoms with Crippen molar-refractivity contribution < 1.29 is 9.53 Å². The van der Waals surface area contributed by atoms with Crippen molar-refractivity contribution in [2.24, 2.45) is 7.05 Å². The number of imidazole rings is 2. The molecule has 0 radical (unpaired) electrons. The largest absolute Gasteiger partial charge is 0.465 e. The Bertz CT molecular complexity index is 1080. The third kappa shape index (κ3) is 2.55. The Morgan fingerprint density at radius 1 is 1.24 bits per heavy atom. The first-order valence-corrected chi connectivity index (χ1v) is 8.24. The molecule has 0 bridgehead atoms. The van der Waals surface area contributed by atoms with Crippen molar-refractivity contribution in [1.29, 1.82) is 0 Å².